The predicted octanol–water partition coefficient (Wildman–Crippen LogP) is -1.62. The second kappa shape index (κ2) is 2.92. The topological polar surface area (TPSA) is 81.3 Å². The van der Waals surface area contributed by atoms with E-state index in [-0.39, 0.29) is 6.04 Å². The first-order valence-electron chi connectivity index (χ1n) is 2.17. The zero-order chi connectivity index (χ0) is 5.86. The highest BCUT2D eigenvalue weighted by atomic mass is 15.6. The first kappa shape index (κ1) is 6.84. The van der Waals surface area contributed by atoms with Gasteiger partial charge in [0.15, 0.2) is 0 Å². The number of nitrogens with two attached hydrogens (primary N) is 3. The van der Waals surface area contributed by atoms with Gasteiger partial charge < -0.3 is 5.73 Å². The van der Waals surface area contributed by atoms with Gasteiger partial charge in [0.2, 0.25) is 0 Å². The number of rotatable bonds is 2. The Balaban J connectivity index is 3.14. The highest BCUT2D eigenvalue weighted by molar-refractivity contribution is 4.53. The molecule has 0 aliphatic heterocycles. The smallest absolute Gasteiger partial charge is 0.0489 e. The Morgan fingerprint density at radius 2 is 2.00 bits per heavy atom. The Bertz CT molecular complexity index is 44.2. The van der Waals surface area contributed by atoms with Crippen molar-refractivity contribution in [2.75, 3.05) is 6.54 Å². The Hall–Kier alpha value is -0.160. The summed E-state index contributed by atoms with van der Waals surface area (Å²) in [6.07, 6.45) is 0. The van der Waals surface area contributed by atoms with E-state index in [0.717, 1.165) is 5.12 Å². The molecule has 0 spiro atoms. The number of hydrazine groups is 2. The second-order valence-corrected chi connectivity index (χ2v) is 1.53. The van der Waals surface area contributed by atoms with Crippen LogP contribution in [0.3, 0.4) is 0 Å². The SMILES string of the molecule is CC(CN)N(N)N. The summed E-state index contributed by atoms with van der Waals surface area (Å²) in [6, 6.07) is 0.0694. The van der Waals surface area contributed by atoms with E-state index in [1.807, 2.05) is 6.92 Å². The zero-order valence-electron chi connectivity index (χ0n) is 4.46. The van der Waals surface area contributed by atoms with Gasteiger partial charge in [-0.3, -0.25) is 11.7 Å². The van der Waals surface area contributed by atoms with Crippen LogP contribution in [0.5, 0.6) is 0 Å². The van der Waals surface area contributed by atoms with Crippen LogP contribution in [0.1, 0.15) is 6.92 Å². The summed E-state index contributed by atoms with van der Waals surface area (Å²) < 4.78 is 0. The first-order valence-corrected chi connectivity index (χ1v) is 2.17. The van der Waals surface area contributed by atoms with Gasteiger partial charge in [-0.15, -0.1) is 0 Å². The zero-order valence-corrected chi connectivity index (χ0v) is 4.46. The molecule has 0 saturated carbocycles. The van der Waals surface area contributed by atoms with E-state index in [0.29, 0.717) is 6.54 Å². The van der Waals surface area contributed by atoms with E-state index >= 15 is 0 Å². The van der Waals surface area contributed by atoms with Crippen LogP contribution in [0.2, 0.25) is 0 Å². The minimum atomic E-state index is 0.0694. The van der Waals surface area contributed by atoms with Crippen LogP contribution < -0.4 is 17.4 Å². The van der Waals surface area contributed by atoms with Crippen LogP contribution in [0, 0.1) is 0 Å². The van der Waals surface area contributed by atoms with Crippen LogP contribution in [-0.4, -0.2) is 17.7 Å². The fourth-order valence-electron chi connectivity index (χ4n) is 0.122. The molecular formula is C3H12N4. The lowest BCUT2D eigenvalue weighted by Gasteiger charge is -2.15. The van der Waals surface area contributed by atoms with Crippen molar-refractivity contribution >= 4 is 0 Å². The molecule has 0 radical (unpaired) electrons. The summed E-state index contributed by atoms with van der Waals surface area (Å²) in [5.41, 5.74) is 5.17. The average molecular weight is 104 g/mol. The molecule has 0 saturated heterocycles. The van der Waals surface area contributed by atoms with Gasteiger partial charge in [0, 0.05) is 12.6 Å². The monoisotopic (exact) mass is 104 g/mol. The maximum atomic E-state index is 5.17. The van der Waals surface area contributed by atoms with Crippen molar-refractivity contribution in [3.8, 4) is 0 Å². The molecule has 0 aliphatic rings. The molecule has 7 heavy (non-hydrogen) atoms. The fourth-order valence-corrected chi connectivity index (χ4v) is 0.122. The van der Waals surface area contributed by atoms with Gasteiger partial charge in [0.25, 0.3) is 0 Å². The summed E-state index contributed by atoms with van der Waals surface area (Å²) in [6.45, 7) is 2.34. The van der Waals surface area contributed by atoms with Crippen molar-refractivity contribution in [3.63, 3.8) is 0 Å². The van der Waals surface area contributed by atoms with Crippen molar-refractivity contribution in [3.05, 3.63) is 0 Å². The predicted molar refractivity (Wildman–Crippen MR) is 28.7 cm³/mol. The van der Waals surface area contributed by atoms with Crippen molar-refractivity contribution in [1.82, 2.24) is 5.12 Å². The molecule has 0 amide bonds. The normalized spacial score (nSPS) is 15.0. The summed E-state index contributed by atoms with van der Waals surface area (Å²) >= 11 is 0. The molecule has 1 atom stereocenters. The summed E-state index contributed by atoms with van der Waals surface area (Å²) in [5.74, 6) is 10.2. The van der Waals surface area contributed by atoms with Crippen molar-refractivity contribution in [2.24, 2.45) is 17.4 Å². The third-order valence-electron chi connectivity index (χ3n) is 0.850. The fraction of sp³-hybridized carbons (Fsp3) is 1.00. The molecule has 0 aromatic carbocycles. The van der Waals surface area contributed by atoms with Crippen LogP contribution in [-0.2, 0) is 0 Å². The lowest BCUT2D eigenvalue weighted by atomic mass is 10.4. The van der Waals surface area contributed by atoms with E-state index in [2.05, 4.69) is 0 Å². The van der Waals surface area contributed by atoms with Gasteiger partial charge in [-0.05, 0) is 6.92 Å². The summed E-state index contributed by atoms with van der Waals surface area (Å²) in [7, 11) is 0. The maximum Gasteiger partial charge on any atom is 0.0489 e. The van der Waals surface area contributed by atoms with Crippen molar-refractivity contribution < 1.29 is 0 Å². The van der Waals surface area contributed by atoms with E-state index in [1.165, 1.54) is 0 Å². The van der Waals surface area contributed by atoms with Crippen LogP contribution in [0.15, 0.2) is 0 Å². The maximum absolute atomic E-state index is 5.17. The number of hydrogen-bond acceptors (Lipinski definition) is 4. The highest BCUT2D eigenvalue weighted by Gasteiger charge is 1.98. The molecule has 6 N–H and O–H groups in total. The van der Waals surface area contributed by atoms with E-state index < -0.39 is 0 Å². The molecular weight excluding hydrogens is 92.1 g/mol. The Labute approximate surface area is 43.2 Å². The van der Waals surface area contributed by atoms with E-state index in [9.17, 15) is 0 Å². The third-order valence-corrected chi connectivity index (χ3v) is 0.850. The first-order chi connectivity index (χ1) is 3.18. The lowest BCUT2D eigenvalue weighted by molar-refractivity contribution is 0.225. The van der Waals surface area contributed by atoms with Crippen molar-refractivity contribution in [2.45, 2.75) is 13.0 Å². The molecule has 0 bridgehead atoms. The van der Waals surface area contributed by atoms with Gasteiger partial charge in [-0.1, -0.05) is 0 Å². The second-order valence-electron chi connectivity index (χ2n) is 1.53. The van der Waals surface area contributed by atoms with E-state index in [1.54, 1.807) is 0 Å². The molecule has 0 heterocycles. The van der Waals surface area contributed by atoms with Crippen LogP contribution in [0.25, 0.3) is 0 Å². The third kappa shape index (κ3) is 2.52. The molecule has 0 aromatic rings. The van der Waals surface area contributed by atoms with Gasteiger partial charge in [0.05, 0.1) is 0 Å². The standard InChI is InChI=1S/C3H12N4/c1-3(2-4)7(5)6/h3H,2,4-6H2,1H3. The van der Waals surface area contributed by atoms with Gasteiger partial charge in [-0.25, -0.2) is 0 Å². The summed E-state index contributed by atoms with van der Waals surface area (Å²) in [5, 5.41) is 1.10. The largest absolute Gasteiger partial charge is 0.329 e. The van der Waals surface area contributed by atoms with Crippen molar-refractivity contribution in [1.29, 1.82) is 0 Å². The molecule has 4 heteroatoms. The number of hydrogen-bond donors (Lipinski definition) is 3. The minimum absolute atomic E-state index is 0.0694. The highest BCUT2D eigenvalue weighted by Crippen LogP contribution is 1.77. The molecule has 44 valence electrons. The quantitative estimate of drug-likeness (QED) is 0.290. The molecule has 0 fully saturated rings. The Morgan fingerprint density at radius 1 is 1.57 bits per heavy atom. The Morgan fingerprint density at radius 3 is 2.00 bits per heavy atom. The average Bonchev–Trinajstić information content (AvgIpc) is 1.65. The van der Waals surface area contributed by atoms with Crippen LogP contribution >= 0.6 is 0 Å². The Kier molecular flexibility index (Phi) is 2.86. The molecule has 0 aliphatic carbocycles. The van der Waals surface area contributed by atoms with Gasteiger partial charge in [-0.2, -0.15) is 5.12 Å². The lowest BCUT2D eigenvalue weighted by Crippen LogP contribution is -2.48. The van der Waals surface area contributed by atoms with Gasteiger partial charge in [0.1, 0.15) is 0 Å². The molecule has 4 nitrogen and oxygen atoms in total. The molecule has 0 rings (SSSR count). The van der Waals surface area contributed by atoms with E-state index in [4.69, 9.17) is 17.4 Å². The number of nitrogens with zero attached hydrogens (tertiary/aromatic N) is 1. The van der Waals surface area contributed by atoms with Crippen LogP contribution in [0.4, 0.5) is 0 Å². The summed E-state index contributed by atoms with van der Waals surface area (Å²) in [4.78, 5) is 0. The molecule has 1 unspecified atom stereocenters. The van der Waals surface area contributed by atoms with Gasteiger partial charge >= 0.3 is 0 Å². The minimum Gasteiger partial charge on any atom is -0.329 e. The molecule has 0 aromatic heterocycles.